The van der Waals surface area contributed by atoms with Crippen molar-refractivity contribution in [3.05, 3.63) is 53.6 Å². The average molecular weight is 302 g/mol. The molecule has 0 atom stereocenters. The molecule has 6 heteroatoms. The highest BCUT2D eigenvalue weighted by Crippen LogP contribution is 2.06. The number of amides is 1. The van der Waals surface area contributed by atoms with Gasteiger partial charge in [-0.25, -0.2) is 14.4 Å². The van der Waals surface area contributed by atoms with Gasteiger partial charge in [0.1, 0.15) is 11.5 Å². The van der Waals surface area contributed by atoms with E-state index < -0.39 is 0 Å². The van der Waals surface area contributed by atoms with Crippen LogP contribution in [0.4, 0.5) is 10.3 Å². The third kappa shape index (κ3) is 4.80. The van der Waals surface area contributed by atoms with Crippen LogP contribution in [-0.4, -0.2) is 22.4 Å². The summed E-state index contributed by atoms with van der Waals surface area (Å²) >= 11 is 0. The van der Waals surface area contributed by atoms with E-state index in [0.717, 1.165) is 18.4 Å². The van der Waals surface area contributed by atoms with Crippen LogP contribution in [0, 0.1) is 5.82 Å². The summed E-state index contributed by atoms with van der Waals surface area (Å²) in [6.07, 6.45) is 3.50. The van der Waals surface area contributed by atoms with Crippen molar-refractivity contribution in [3.8, 4) is 0 Å². The second-order valence-electron chi connectivity index (χ2n) is 4.85. The number of hydrogen-bond acceptors (Lipinski definition) is 4. The van der Waals surface area contributed by atoms with Crippen molar-refractivity contribution < 1.29 is 9.18 Å². The van der Waals surface area contributed by atoms with Gasteiger partial charge in [-0.2, -0.15) is 0 Å². The quantitative estimate of drug-likeness (QED) is 0.772. The molecule has 0 spiro atoms. The molecular formula is C16H19FN4O. The largest absolute Gasteiger partial charge is 0.351 e. The molecule has 116 valence electrons. The van der Waals surface area contributed by atoms with Gasteiger partial charge in [0.25, 0.3) is 5.91 Å². The molecule has 1 aromatic heterocycles. The molecule has 0 saturated heterocycles. The number of nitrogens with one attached hydrogen (secondary N) is 2. The lowest BCUT2D eigenvalue weighted by Gasteiger charge is -2.07. The number of anilines is 1. The Balaban J connectivity index is 1.93. The van der Waals surface area contributed by atoms with Crippen molar-refractivity contribution in [1.29, 1.82) is 0 Å². The third-order valence-corrected chi connectivity index (χ3v) is 3.07. The lowest BCUT2D eigenvalue weighted by Crippen LogP contribution is -2.25. The average Bonchev–Trinajstić information content (AvgIpc) is 2.55. The molecule has 2 aromatic rings. The smallest absolute Gasteiger partial charge is 0.270 e. The summed E-state index contributed by atoms with van der Waals surface area (Å²) < 4.78 is 12.8. The first-order chi connectivity index (χ1) is 10.7. The molecule has 0 fully saturated rings. The Kier molecular flexibility index (Phi) is 5.82. The molecule has 0 aliphatic heterocycles. The Bertz CT molecular complexity index is 616. The second kappa shape index (κ2) is 8.07. The van der Waals surface area contributed by atoms with Gasteiger partial charge < -0.3 is 10.6 Å². The first-order valence-electron chi connectivity index (χ1n) is 7.28. The van der Waals surface area contributed by atoms with Crippen molar-refractivity contribution in [2.24, 2.45) is 0 Å². The van der Waals surface area contributed by atoms with E-state index >= 15 is 0 Å². The standard InChI is InChI=1S/C16H19FN4O/c1-2-3-9-18-15(22)14-8-10-19-16(21-14)20-11-12-4-6-13(17)7-5-12/h4-8,10H,2-3,9,11H2,1H3,(H,18,22)(H,19,20,21). The van der Waals surface area contributed by atoms with Crippen LogP contribution in [0.3, 0.4) is 0 Å². The van der Waals surface area contributed by atoms with Crippen LogP contribution < -0.4 is 10.6 Å². The summed E-state index contributed by atoms with van der Waals surface area (Å²) in [5, 5.41) is 5.83. The zero-order chi connectivity index (χ0) is 15.8. The van der Waals surface area contributed by atoms with Crippen LogP contribution >= 0.6 is 0 Å². The Morgan fingerprint density at radius 2 is 2.00 bits per heavy atom. The third-order valence-electron chi connectivity index (χ3n) is 3.07. The van der Waals surface area contributed by atoms with Crippen LogP contribution in [0.2, 0.25) is 0 Å². The Morgan fingerprint density at radius 1 is 1.23 bits per heavy atom. The lowest BCUT2D eigenvalue weighted by molar-refractivity contribution is 0.0948. The van der Waals surface area contributed by atoms with Crippen LogP contribution in [0.1, 0.15) is 35.8 Å². The Morgan fingerprint density at radius 3 is 2.73 bits per heavy atom. The number of rotatable bonds is 7. The van der Waals surface area contributed by atoms with Gasteiger partial charge in [0.15, 0.2) is 0 Å². The second-order valence-corrected chi connectivity index (χ2v) is 4.85. The van der Waals surface area contributed by atoms with Gasteiger partial charge in [-0.1, -0.05) is 25.5 Å². The molecular weight excluding hydrogens is 283 g/mol. The van der Waals surface area contributed by atoms with E-state index in [-0.39, 0.29) is 11.7 Å². The van der Waals surface area contributed by atoms with Gasteiger partial charge in [0.2, 0.25) is 5.95 Å². The van der Waals surface area contributed by atoms with Gasteiger partial charge in [0.05, 0.1) is 0 Å². The number of aromatic nitrogens is 2. The molecule has 0 saturated carbocycles. The fourth-order valence-electron chi connectivity index (χ4n) is 1.82. The number of halogens is 1. The number of carbonyl (C=O) groups excluding carboxylic acids is 1. The molecule has 1 amide bonds. The molecule has 1 heterocycles. The maximum absolute atomic E-state index is 12.8. The molecule has 22 heavy (non-hydrogen) atoms. The predicted octanol–water partition coefficient (Wildman–Crippen LogP) is 2.76. The summed E-state index contributed by atoms with van der Waals surface area (Å²) in [7, 11) is 0. The van der Waals surface area contributed by atoms with Crippen LogP contribution in [-0.2, 0) is 6.54 Å². The highest BCUT2D eigenvalue weighted by atomic mass is 19.1. The zero-order valence-electron chi connectivity index (χ0n) is 12.5. The van der Waals surface area contributed by atoms with Gasteiger partial charge in [-0.3, -0.25) is 4.79 Å². The number of nitrogens with zero attached hydrogens (tertiary/aromatic N) is 2. The molecule has 5 nitrogen and oxygen atoms in total. The van der Waals surface area contributed by atoms with Crippen LogP contribution in [0.25, 0.3) is 0 Å². The summed E-state index contributed by atoms with van der Waals surface area (Å²) in [5.41, 5.74) is 1.23. The minimum Gasteiger partial charge on any atom is -0.351 e. The molecule has 2 rings (SSSR count). The van der Waals surface area contributed by atoms with E-state index in [2.05, 4.69) is 27.5 Å². The topological polar surface area (TPSA) is 66.9 Å². The molecule has 0 unspecified atom stereocenters. The number of carbonyl (C=O) groups is 1. The van der Waals surface area contributed by atoms with Gasteiger partial charge in [-0.15, -0.1) is 0 Å². The van der Waals surface area contributed by atoms with E-state index in [4.69, 9.17) is 0 Å². The summed E-state index contributed by atoms with van der Waals surface area (Å²) in [4.78, 5) is 20.2. The fourth-order valence-corrected chi connectivity index (χ4v) is 1.82. The number of hydrogen-bond donors (Lipinski definition) is 2. The van der Waals surface area contributed by atoms with Crippen LogP contribution in [0.15, 0.2) is 36.5 Å². The first kappa shape index (κ1) is 15.9. The van der Waals surface area contributed by atoms with Gasteiger partial charge in [0, 0.05) is 19.3 Å². The highest BCUT2D eigenvalue weighted by Gasteiger charge is 2.07. The van der Waals surface area contributed by atoms with E-state index in [1.54, 1.807) is 18.2 Å². The van der Waals surface area contributed by atoms with Gasteiger partial charge in [-0.05, 0) is 30.2 Å². The van der Waals surface area contributed by atoms with Crippen LogP contribution in [0.5, 0.6) is 0 Å². The van der Waals surface area contributed by atoms with Crippen molar-refractivity contribution in [1.82, 2.24) is 15.3 Å². The molecule has 0 aliphatic rings. The molecule has 0 radical (unpaired) electrons. The van der Waals surface area contributed by atoms with E-state index in [9.17, 15) is 9.18 Å². The van der Waals surface area contributed by atoms with Crippen molar-refractivity contribution in [2.75, 3.05) is 11.9 Å². The predicted molar refractivity (Wildman–Crippen MR) is 83.0 cm³/mol. The minimum atomic E-state index is -0.272. The van der Waals surface area contributed by atoms with Crippen molar-refractivity contribution in [2.45, 2.75) is 26.3 Å². The minimum absolute atomic E-state index is 0.208. The molecule has 1 aromatic carbocycles. The van der Waals surface area contributed by atoms with Gasteiger partial charge >= 0.3 is 0 Å². The highest BCUT2D eigenvalue weighted by molar-refractivity contribution is 5.92. The van der Waals surface area contributed by atoms with Crippen molar-refractivity contribution >= 4 is 11.9 Å². The van der Waals surface area contributed by atoms with E-state index in [1.165, 1.54) is 18.3 Å². The normalized spacial score (nSPS) is 10.3. The molecule has 2 N–H and O–H groups in total. The Labute approximate surface area is 129 Å². The summed E-state index contributed by atoms with van der Waals surface area (Å²) in [5.74, 6) is -0.112. The number of benzene rings is 1. The fraction of sp³-hybridized carbons (Fsp3) is 0.312. The zero-order valence-corrected chi connectivity index (χ0v) is 12.5. The number of unbranched alkanes of at least 4 members (excludes halogenated alkanes) is 1. The summed E-state index contributed by atoms with van der Waals surface area (Å²) in [6.45, 7) is 3.16. The summed E-state index contributed by atoms with van der Waals surface area (Å²) in [6, 6.07) is 7.74. The monoisotopic (exact) mass is 302 g/mol. The lowest BCUT2D eigenvalue weighted by atomic mass is 10.2. The SMILES string of the molecule is CCCCNC(=O)c1ccnc(NCc2ccc(F)cc2)n1. The maximum Gasteiger partial charge on any atom is 0.270 e. The maximum atomic E-state index is 12.8. The first-order valence-corrected chi connectivity index (χ1v) is 7.28. The van der Waals surface area contributed by atoms with E-state index in [1.807, 2.05) is 0 Å². The Hall–Kier alpha value is -2.50. The van der Waals surface area contributed by atoms with E-state index in [0.29, 0.717) is 24.7 Å². The van der Waals surface area contributed by atoms with Crippen molar-refractivity contribution in [3.63, 3.8) is 0 Å². The molecule has 0 bridgehead atoms. The molecule has 0 aliphatic carbocycles.